The quantitative estimate of drug-likeness (QED) is 0.774. The minimum atomic E-state index is -3.94. The van der Waals surface area contributed by atoms with Crippen molar-refractivity contribution < 1.29 is 17.4 Å². The lowest BCUT2D eigenvalue weighted by atomic mass is 9.99. The predicted octanol–water partition coefficient (Wildman–Crippen LogP) is 3.20. The van der Waals surface area contributed by atoms with Crippen LogP contribution in [-0.2, 0) is 19.1 Å². The molecule has 126 valence electrons. The Kier molecular flexibility index (Phi) is 4.84. The fraction of sp³-hybridized carbons (Fsp3) is 0.467. The Hall–Kier alpha value is -1.44. The molecular formula is C15H19ClN2O4S. The number of anilines is 1. The Bertz CT molecular complexity index is 766. The number of nitrogens with zero attached hydrogens (tertiary/aromatic N) is 2. The smallest absolute Gasteiger partial charge is 0.272 e. The van der Waals surface area contributed by atoms with Gasteiger partial charge < -0.3 is 0 Å². The van der Waals surface area contributed by atoms with Crippen molar-refractivity contribution in [2.45, 2.75) is 39.0 Å². The monoisotopic (exact) mass is 358 g/mol. The maximum absolute atomic E-state index is 12.3. The van der Waals surface area contributed by atoms with Crippen LogP contribution in [-0.4, -0.2) is 26.6 Å². The number of halogens is 1. The number of carbonyl (C=O) groups excluding carboxylic acids is 1. The Labute approximate surface area is 141 Å². The van der Waals surface area contributed by atoms with Crippen LogP contribution >= 0.6 is 11.6 Å². The van der Waals surface area contributed by atoms with Crippen molar-refractivity contribution in [2.24, 2.45) is 10.5 Å². The first-order chi connectivity index (χ1) is 10.5. The Morgan fingerprint density at radius 1 is 1.35 bits per heavy atom. The molecule has 0 saturated heterocycles. The van der Waals surface area contributed by atoms with Gasteiger partial charge in [-0.15, -0.1) is 0 Å². The predicted molar refractivity (Wildman–Crippen MR) is 89.3 cm³/mol. The SMILES string of the molecule is CC1=NN(c2cc(S(=O)(=O)OCC(C)(C)C)ccc2Cl)C(=O)C1. The van der Waals surface area contributed by atoms with Crippen LogP contribution in [0.3, 0.4) is 0 Å². The van der Waals surface area contributed by atoms with Crippen LogP contribution in [0.4, 0.5) is 5.69 Å². The summed E-state index contributed by atoms with van der Waals surface area (Å²) in [6.45, 7) is 7.38. The van der Waals surface area contributed by atoms with Crippen molar-refractivity contribution in [3.63, 3.8) is 0 Å². The lowest BCUT2D eigenvalue weighted by Gasteiger charge is -2.18. The van der Waals surface area contributed by atoms with Gasteiger partial charge >= 0.3 is 0 Å². The van der Waals surface area contributed by atoms with Crippen LogP contribution in [0, 0.1) is 5.41 Å². The van der Waals surface area contributed by atoms with Gasteiger partial charge in [0.1, 0.15) is 0 Å². The fourth-order valence-electron chi connectivity index (χ4n) is 1.88. The van der Waals surface area contributed by atoms with Gasteiger partial charge in [0, 0.05) is 5.71 Å². The van der Waals surface area contributed by atoms with Gasteiger partial charge in [0.05, 0.1) is 28.6 Å². The first kappa shape index (κ1) is 17.9. The van der Waals surface area contributed by atoms with Crippen molar-refractivity contribution >= 4 is 39.0 Å². The summed E-state index contributed by atoms with van der Waals surface area (Å²) in [5, 5.41) is 5.46. The highest BCUT2D eigenvalue weighted by Crippen LogP contribution is 2.32. The lowest BCUT2D eigenvalue weighted by Crippen LogP contribution is -2.21. The van der Waals surface area contributed by atoms with Gasteiger partial charge in [0.2, 0.25) is 0 Å². The largest absolute Gasteiger partial charge is 0.297 e. The van der Waals surface area contributed by atoms with Crippen molar-refractivity contribution in [2.75, 3.05) is 11.6 Å². The van der Waals surface area contributed by atoms with Crippen molar-refractivity contribution in [1.29, 1.82) is 0 Å². The summed E-state index contributed by atoms with van der Waals surface area (Å²) in [4.78, 5) is 11.9. The second kappa shape index (κ2) is 6.22. The first-order valence-electron chi connectivity index (χ1n) is 7.06. The molecule has 0 bridgehead atoms. The second-order valence-electron chi connectivity index (χ2n) is 6.61. The number of rotatable bonds is 4. The van der Waals surface area contributed by atoms with E-state index in [1.165, 1.54) is 18.2 Å². The van der Waals surface area contributed by atoms with E-state index in [0.717, 1.165) is 5.01 Å². The maximum Gasteiger partial charge on any atom is 0.297 e. The number of hydrazone groups is 1. The molecule has 1 amide bonds. The van der Waals surface area contributed by atoms with Crippen LogP contribution in [0.2, 0.25) is 5.02 Å². The molecule has 1 aliphatic rings. The fourth-order valence-corrected chi connectivity index (χ4v) is 3.21. The number of carbonyl (C=O) groups is 1. The molecule has 0 N–H and O–H groups in total. The van der Waals surface area contributed by atoms with E-state index in [9.17, 15) is 13.2 Å². The van der Waals surface area contributed by atoms with Gasteiger partial charge in [-0.25, -0.2) is 0 Å². The molecule has 0 fully saturated rings. The van der Waals surface area contributed by atoms with E-state index in [4.69, 9.17) is 15.8 Å². The number of hydrogen-bond acceptors (Lipinski definition) is 5. The molecule has 0 radical (unpaired) electrons. The second-order valence-corrected chi connectivity index (χ2v) is 8.63. The van der Waals surface area contributed by atoms with Gasteiger partial charge in [-0.1, -0.05) is 32.4 Å². The van der Waals surface area contributed by atoms with E-state index in [-0.39, 0.29) is 40.0 Å². The zero-order chi connectivity index (χ0) is 17.4. The van der Waals surface area contributed by atoms with E-state index < -0.39 is 10.1 Å². The molecule has 1 aromatic carbocycles. The van der Waals surface area contributed by atoms with Gasteiger partial charge in [-0.3, -0.25) is 8.98 Å². The van der Waals surface area contributed by atoms with Gasteiger partial charge in [0.25, 0.3) is 16.0 Å². The summed E-state index contributed by atoms with van der Waals surface area (Å²) in [5.74, 6) is -0.255. The molecule has 23 heavy (non-hydrogen) atoms. The minimum Gasteiger partial charge on any atom is -0.272 e. The van der Waals surface area contributed by atoms with Crippen LogP contribution in [0.15, 0.2) is 28.2 Å². The maximum atomic E-state index is 12.3. The zero-order valence-corrected chi connectivity index (χ0v) is 15.0. The Morgan fingerprint density at radius 2 is 2.00 bits per heavy atom. The molecular weight excluding hydrogens is 340 g/mol. The molecule has 0 atom stereocenters. The number of amides is 1. The molecule has 1 aliphatic heterocycles. The molecule has 0 unspecified atom stereocenters. The summed E-state index contributed by atoms with van der Waals surface area (Å²) < 4.78 is 29.7. The van der Waals surface area contributed by atoms with Gasteiger partial charge in [0.15, 0.2) is 0 Å². The summed E-state index contributed by atoms with van der Waals surface area (Å²) >= 11 is 6.09. The third-order valence-electron chi connectivity index (χ3n) is 3.00. The van der Waals surface area contributed by atoms with Gasteiger partial charge in [-0.2, -0.15) is 18.5 Å². The van der Waals surface area contributed by atoms with E-state index in [2.05, 4.69) is 5.10 Å². The molecule has 0 saturated carbocycles. The average molecular weight is 359 g/mol. The van der Waals surface area contributed by atoms with E-state index in [1.54, 1.807) is 6.92 Å². The summed E-state index contributed by atoms with van der Waals surface area (Å²) in [6, 6.07) is 4.07. The van der Waals surface area contributed by atoms with Crippen molar-refractivity contribution in [1.82, 2.24) is 0 Å². The molecule has 8 heteroatoms. The standard InChI is InChI=1S/C15H19ClN2O4S/c1-10-7-14(19)18(17-10)13-8-11(5-6-12(13)16)23(20,21)22-9-15(2,3)4/h5-6,8H,7,9H2,1-4H3. The number of hydrogen-bond donors (Lipinski definition) is 0. The van der Waals surface area contributed by atoms with E-state index in [0.29, 0.717) is 5.71 Å². The third kappa shape index (κ3) is 4.31. The van der Waals surface area contributed by atoms with E-state index >= 15 is 0 Å². The first-order valence-corrected chi connectivity index (χ1v) is 8.84. The molecule has 2 rings (SSSR count). The van der Waals surface area contributed by atoms with Crippen LogP contribution in [0.25, 0.3) is 0 Å². The third-order valence-corrected chi connectivity index (χ3v) is 4.57. The van der Waals surface area contributed by atoms with Crippen LogP contribution in [0.5, 0.6) is 0 Å². The molecule has 0 aromatic heterocycles. The topological polar surface area (TPSA) is 76.0 Å². The highest BCUT2D eigenvalue weighted by Gasteiger charge is 2.27. The van der Waals surface area contributed by atoms with Crippen molar-refractivity contribution in [3.05, 3.63) is 23.2 Å². The van der Waals surface area contributed by atoms with Crippen LogP contribution < -0.4 is 5.01 Å². The summed E-state index contributed by atoms with van der Waals surface area (Å²) in [6.07, 6.45) is 0.188. The minimum absolute atomic E-state index is 0.0488. The normalized spacial score (nSPS) is 16.0. The zero-order valence-electron chi connectivity index (χ0n) is 13.5. The van der Waals surface area contributed by atoms with Gasteiger partial charge in [-0.05, 0) is 30.5 Å². The molecule has 0 spiro atoms. The summed E-state index contributed by atoms with van der Waals surface area (Å²) in [7, 11) is -3.94. The summed E-state index contributed by atoms with van der Waals surface area (Å²) in [5.41, 5.74) is 0.575. The van der Waals surface area contributed by atoms with Crippen molar-refractivity contribution in [3.8, 4) is 0 Å². The van der Waals surface area contributed by atoms with Crippen LogP contribution in [0.1, 0.15) is 34.1 Å². The molecule has 6 nitrogen and oxygen atoms in total. The average Bonchev–Trinajstić information content (AvgIpc) is 2.75. The van der Waals surface area contributed by atoms with E-state index in [1.807, 2.05) is 20.8 Å². The molecule has 1 aromatic rings. The highest BCUT2D eigenvalue weighted by atomic mass is 35.5. The molecule has 1 heterocycles. The highest BCUT2D eigenvalue weighted by molar-refractivity contribution is 7.86. The Balaban J connectivity index is 2.36. The molecule has 0 aliphatic carbocycles. The Morgan fingerprint density at radius 3 is 2.52 bits per heavy atom. The lowest BCUT2D eigenvalue weighted by molar-refractivity contribution is -0.116. The number of benzene rings is 1.